The zero-order valence-electron chi connectivity index (χ0n) is 16.1. The van der Waals surface area contributed by atoms with Crippen LogP contribution in [0.1, 0.15) is 27.4 Å². The number of benzene rings is 1. The van der Waals surface area contributed by atoms with Gasteiger partial charge in [-0.1, -0.05) is 35.1 Å². The molecule has 0 atom stereocenters. The zero-order valence-corrected chi connectivity index (χ0v) is 17.7. The second-order valence-electron chi connectivity index (χ2n) is 6.33. The highest BCUT2D eigenvalue weighted by atomic mass is 35.5. The van der Waals surface area contributed by atoms with Gasteiger partial charge in [-0.05, 0) is 24.6 Å². The van der Waals surface area contributed by atoms with Gasteiger partial charge in [-0.3, -0.25) is 15.1 Å². The molecule has 0 radical (unpaired) electrons. The van der Waals surface area contributed by atoms with E-state index in [1.807, 2.05) is 0 Å². The number of hydrogen-bond donors (Lipinski definition) is 2. The van der Waals surface area contributed by atoms with Crippen LogP contribution in [0.15, 0.2) is 36.7 Å². The Hall–Kier alpha value is -3.11. The van der Waals surface area contributed by atoms with Gasteiger partial charge in [-0.15, -0.1) is 0 Å². The Balaban J connectivity index is 1.58. The van der Waals surface area contributed by atoms with Crippen LogP contribution in [0.5, 0.6) is 0 Å². The van der Waals surface area contributed by atoms with E-state index in [0.29, 0.717) is 21.3 Å². The predicted octanol–water partition coefficient (Wildman–Crippen LogP) is 3.63. The lowest BCUT2D eigenvalue weighted by molar-refractivity contribution is 0.0776. The minimum atomic E-state index is -0.504. The van der Waals surface area contributed by atoms with E-state index in [4.69, 9.17) is 11.6 Å². The molecule has 30 heavy (non-hydrogen) atoms. The van der Waals surface area contributed by atoms with Crippen LogP contribution < -0.4 is 10.6 Å². The average Bonchev–Trinajstić information content (AvgIpc) is 3.05. The van der Waals surface area contributed by atoms with E-state index in [-0.39, 0.29) is 35.6 Å². The molecule has 0 aliphatic heterocycles. The third kappa shape index (κ3) is 5.49. The molecule has 3 aromatic rings. The van der Waals surface area contributed by atoms with Crippen molar-refractivity contribution in [1.29, 1.82) is 0 Å². The lowest BCUT2D eigenvalue weighted by atomic mass is 10.2. The summed E-state index contributed by atoms with van der Waals surface area (Å²) in [5.41, 5.74) is 1.85. The van der Waals surface area contributed by atoms with E-state index in [9.17, 15) is 14.0 Å². The first-order valence-electron chi connectivity index (χ1n) is 8.81. The molecule has 0 fully saturated rings. The fraction of sp³-hybridized carbons (Fsp3) is 0.211. The largest absolute Gasteiger partial charge is 0.334 e. The number of carbonyl (C=O) groups excluding carboxylic acids is 2. The Labute approximate surface area is 181 Å². The predicted molar refractivity (Wildman–Crippen MR) is 112 cm³/mol. The summed E-state index contributed by atoms with van der Waals surface area (Å²) < 4.78 is 13.5. The molecule has 0 spiro atoms. The molecule has 3 amide bonds. The van der Waals surface area contributed by atoms with E-state index in [1.54, 1.807) is 26.1 Å². The third-order valence-electron chi connectivity index (χ3n) is 4.03. The first-order valence-corrected chi connectivity index (χ1v) is 10.0. The van der Waals surface area contributed by atoms with Gasteiger partial charge in [0.2, 0.25) is 0 Å². The van der Waals surface area contributed by atoms with Crippen LogP contribution in [0.25, 0.3) is 0 Å². The Morgan fingerprint density at radius 2 is 2.03 bits per heavy atom. The van der Waals surface area contributed by atoms with Crippen molar-refractivity contribution in [1.82, 2.24) is 25.2 Å². The number of urea groups is 1. The number of carbonyl (C=O) groups is 2. The number of halogens is 2. The lowest BCUT2D eigenvalue weighted by Gasteiger charge is -2.16. The van der Waals surface area contributed by atoms with Gasteiger partial charge < -0.3 is 10.2 Å². The van der Waals surface area contributed by atoms with Crippen molar-refractivity contribution >= 4 is 40.0 Å². The summed E-state index contributed by atoms with van der Waals surface area (Å²) in [6, 6.07) is 5.43. The molecular formula is C19H18ClFN6O2S. The minimum absolute atomic E-state index is 0.136. The van der Waals surface area contributed by atoms with Gasteiger partial charge in [0.1, 0.15) is 15.8 Å². The number of amides is 3. The molecule has 3 rings (SSSR count). The molecule has 1 aromatic carbocycles. The highest BCUT2D eigenvalue weighted by molar-refractivity contribution is 7.19. The summed E-state index contributed by atoms with van der Waals surface area (Å²) in [5.74, 6) is -0.687. The van der Waals surface area contributed by atoms with Crippen molar-refractivity contribution in [2.75, 3.05) is 12.4 Å². The van der Waals surface area contributed by atoms with Crippen molar-refractivity contribution in [3.63, 3.8) is 0 Å². The van der Waals surface area contributed by atoms with E-state index >= 15 is 0 Å². The van der Waals surface area contributed by atoms with Crippen molar-refractivity contribution in [3.05, 3.63) is 69.5 Å². The van der Waals surface area contributed by atoms with E-state index in [2.05, 4.69) is 25.6 Å². The van der Waals surface area contributed by atoms with Crippen molar-refractivity contribution in [2.24, 2.45) is 0 Å². The molecule has 2 heterocycles. The number of hydrogen-bond acceptors (Lipinski definition) is 6. The van der Waals surface area contributed by atoms with E-state index in [1.165, 1.54) is 29.4 Å². The fourth-order valence-electron chi connectivity index (χ4n) is 2.55. The molecule has 156 valence electrons. The maximum Gasteiger partial charge on any atom is 0.321 e. The molecule has 0 unspecified atom stereocenters. The van der Waals surface area contributed by atoms with E-state index in [0.717, 1.165) is 11.3 Å². The lowest BCUT2D eigenvalue weighted by Crippen LogP contribution is -2.29. The van der Waals surface area contributed by atoms with Crippen LogP contribution in [0, 0.1) is 12.7 Å². The molecule has 2 N–H and O–H groups in total. The Bertz CT molecular complexity index is 1080. The molecule has 0 aliphatic rings. The molecular weight excluding hydrogens is 431 g/mol. The van der Waals surface area contributed by atoms with Crippen molar-refractivity contribution < 1.29 is 14.0 Å². The van der Waals surface area contributed by atoms with Gasteiger partial charge in [0.15, 0.2) is 5.13 Å². The number of anilines is 1. The number of thiazole rings is 1. The summed E-state index contributed by atoms with van der Waals surface area (Å²) >= 11 is 7.30. The van der Waals surface area contributed by atoms with Crippen molar-refractivity contribution in [3.8, 4) is 0 Å². The summed E-state index contributed by atoms with van der Waals surface area (Å²) in [6.07, 6.45) is 2.97. The molecule has 11 heteroatoms. The second kappa shape index (κ2) is 9.59. The Morgan fingerprint density at radius 3 is 2.77 bits per heavy atom. The summed E-state index contributed by atoms with van der Waals surface area (Å²) in [5, 5.41) is 5.48. The van der Waals surface area contributed by atoms with Crippen LogP contribution in [0.4, 0.5) is 14.3 Å². The molecule has 0 bridgehead atoms. The highest BCUT2D eigenvalue weighted by Crippen LogP contribution is 2.29. The molecule has 2 aromatic heterocycles. The summed E-state index contributed by atoms with van der Waals surface area (Å²) in [4.78, 5) is 38.5. The number of nitrogens with one attached hydrogen (secondary N) is 2. The first kappa shape index (κ1) is 21.6. The third-order valence-corrected chi connectivity index (χ3v) is 5.28. The standard InChI is InChI=1S/C19H18ClFN6O2S/c1-11-15(23-7-6-22-11)17(28)27(2)10-14-16(20)30-19(25-14)26-18(29)24-9-12-4-3-5-13(21)8-12/h3-8H,9-10H2,1-2H3,(H2,24,25,26,29). The Kier molecular flexibility index (Phi) is 6.91. The number of rotatable bonds is 6. The van der Waals surface area contributed by atoms with Gasteiger partial charge in [-0.2, -0.15) is 0 Å². The van der Waals surface area contributed by atoms with Gasteiger partial charge in [-0.25, -0.2) is 19.2 Å². The quantitative estimate of drug-likeness (QED) is 0.599. The minimum Gasteiger partial charge on any atom is -0.334 e. The normalized spacial score (nSPS) is 10.5. The van der Waals surface area contributed by atoms with Crippen LogP contribution in [-0.2, 0) is 13.1 Å². The SMILES string of the molecule is Cc1nccnc1C(=O)N(C)Cc1nc(NC(=O)NCc2cccc(F)c2)sc1Cl. The molecule has 0 aliphatic carbocycles. The highest BCUT2D eigenvalue weighted by Gasteiger charge is 2.20. The average molecular weight is 449 g/mol. The van der Waals surface area contributed by atoms with Gasteiger partial charge >= 0.3 is 6.03 Å². The fourth-order valence-corrected chi connectivity index (χ4v) is 3.57. The van der Waals surface area contributed by atoms with Crippen LogP contribution in [-0.4, -0.2) is 38.8 Å². The van der Waals surface area contributed by atoms with Crippen LogP contribution in [0.3, 0.4) is 0 Å². The van der Waals surface area contributed by atoms with Gasteiger partial charge in [0, 0.05) is 26.0 Å². The second-order valence-corrected chi connectivity index (χ2v) is 7.93. The van der Waals surface area contributed by atoms with E-state index < -0.39 is 6.03 Å². The van der Waals surface area contributed by atoms with Crippen LogP contribution >= 0.6 is 22.9 Å². The smallest absolute Gasteiger partial charge is 0.321 e. The Morgan fingerprint density at radius 1 is 1.27 bits per heavy atom. The first-order chi connectivity index (χ1) is 14.3. The summed E-state index contributed by atoms with van der Waals surface area (Å²) in [7, 11) is 1.60. The molecule has 0 saturated heterocycles. The van der Waals surface area contributed by atoms with Gasteiger partial charge in [0.25, 0.3) is 5.91 Å². The maximum atomic E-state index is 13.2. The zero-order chi connectivity index (χ0) is 21.7. The molecule has 8 nitrogen and oxygen atoms in total. The van der Waals surface area contributed by atoms with Crippen LogP contribution in [0.2, 0.25) is 4.34 Å². The topological polar surface area (TPSA) is 100 Å². The summed E-state index contributed by atoms with van der Waals surface area (Å²) in [6.45, 7) is 2.00. The number of aromatic nitrogens is 3. The molecule has 0 saturated carbocycles. The maximum absolute atomic E-state index is 13.2. The number of nitrogens with zero attached hydrogens (tertiary/aromatic N) is 4. The van der Waals surface area contributed by atoms with Gasteiger partial charge in [0.05, 0.1) is 17.9 Å². The monoisotopic (exact) mass is 448 g/mol. The van der Waals surface area contributed by atoms with Crippen molar-refractivity contribution in [2.45, 2.75) is 20.0 Å². The number of aryl methyl sites for hydroxylation is 1.